The second-order valence-electron chi connectivity index (χ2n) is 26.6. The van der Waals surface area contributed by atoms with Crippen LogP contribution in [0.2, 0.25) is 10.0 Å². The van der Waals surface area contributed by atoms with Gasteiger partial charge in [-0.15, -0.1) is 22.7 Å². The Balaban J connectivity index is 0.000000162. The molecule has 30 heteroatoms. The van der Waals surface area contributed by atoms with Crippen molar-refractivity contribution in [2.45, 2.75) is 87.7 Å². The van der Waals surface area contributed by atoms with E-state index in [1.54, 1.807) is 30.3 Å². The Morgan fingerprint density at radius 3 is 1.60 bits per heavy atom. The quantitative estimate of drug-likeness (QED) is 0.0698. The number of amidine groups is 2. The van der Waals surface area contributed by atoms with E-state index >= 15 is 0 Å². The zero-order chi connectivity index (χ0) is 69.1. The number of hydrogen-bond donors (Lipinski definition) is 4. The number of aliphatic imine (C=N–C) groups is 2. The molecule has 5 saturated heterocycles. The number of fused-ring (bicyclic) bond motifs is 4. The van der Waals surface area contributed by atoms with Crippen LogP contribution in [0.5, 0.6) is 0 Å². The van der Waals surface area contributed by atoms with Crippen molar-refractivity contribution in [3.63, 3.8) is 0 Å². The summed E-state index contributed by atoms with van der Waals surface area (Å²) in [6, 6.07) is 17.9. The number of methoxy groups -OCH3 is 2. The van der Waals surface area contributed by atoms with E-state index in [1.165, 1.54) is 86.5 Å². The van der Waals surface area contributed by atoms with Gasteiger partial charge in [0.15, 0.2) is 21.7 Å². The lowest BCUT2D eigenvalue weighted by Gasteiger charge is -2.38. The van der Waals surface area contributed by atoms with Gasteiger partial charge in [0.05, 0.1) is 66.1 Å². The van der Waals surface area contributed by atoms with Gasteiger partial charge in [0.1, 0.15) is 41.0 Å². The summed E-state index contributed by atoms with van der Waals surface area (Å²) in [6.45, 7) is 9.73. The fraction of sp³-hybridized carbons (Fsp3) is 0.400. The third-order valence-corrected chi connectivity index (χ3v) is 22.2. The average molecular weight is 1440 g/mol. The summed E-state index contributed by atoms with van der Waals surface area (Å²) in [7, 11) is 2.63. The maximum Gasteiger partial charge on any atom is 0.338 e. The van der Waals surface area contributed by atoms with E-state index in [4.69, 9.17) is 52.6 Å². The number of alkyl halides is 1. The monoisotopic (exact) mass is 1440 g/mol. The van der Waals surface area contributed by atoms with Gasteiger partial charge in [-0.25, -0.2) is 52.3 Å². The van der Waals surface area contributed by atoms with Gasteiger partial charge in [0, 0.05) is 138 Å². The molecule has 8 aromatic rings. The topological polar surface area (TPSA) is 241 Å². The molecule has 7 aliphatic heterocycles. The summed E-state index contributed by atoms with van der Waals surface area (Å²) in [4.78, 5) is 103. The number of piperidine rings is 1. The van der Waals surface area contributed by atoms with Crippen LogP contribution in [0.1, 0.15) is 96.2 Å². The van der Waals surface area contributed by atoms with Gasteiger partial charge in [-0.2, -0.15) is 0 Å². The first-order valence-corrected chi connectivity index (χ1v) is 36.0. The molecule has 520 valence electrons. The van der Waals surface area contributed by atoms with Crippen LogP contribution >= 0.6 is 45.9 Å². The summed E-state index contributed by atoms with van der Waals surface area (Å²) in [6.07, 6.45) is 8.83. The lowest BCUT2D eigenvalue weighted by atomic mass is 9.95. The zero-order valence-electron chi connectivity index (χ0n) is 55.0. The molecule has 6 atom stereocenters. The number of imidazole rings is 2. The standard InChI is InChI=1S/C35H35ClF2N8O3S.C35H37ClFN9O3S/c1-35(38)8-7-19(15-35)30-40-25-6-4-21(14-26(25)41-30)46-17-22-16-44(10-11-45(22)34(46)48)18-27-28(33(47)49-2)29(23-5-3-20(37)13-24(23)36)43-31(42-27)32-39-9-12-50-32;1-49-34(47)30-28(41-32(33-38-9-14-50-33)42-31(30)24-7-5-21(37)15-25(24)36)19-44-12-13-45-23(17-44)18-46(35(45)48)22-6-8-26-27(16-22)40-29(39-26)20-43-10-3-2-4-11-43/h3-6,9,12-14,19,22,29H,7-8,10-11,15-18H2,1-2H3,(H,40,41)(H,42,43);5-9,14-16,23,31H,2-4,10-13,17-20H2,1H3,(H,39,40)(H,41,42)/t19?,22-,29-,35?;23-,31-/m00/s1. The molecular formula is C70H72Cl2F3N17O6S2. The molecule has 23 nitrogen and oxygen atoms in total. The van der Waals surface area contributed by atoms with E-state index < -0.39 is 41.3 Å². The van der Waals surface area contributed by atoms with Crippen molar-refractivity contribution in [3.05, 3.63) is 173 Å². The predicted octanol–water partition coefficient (Wildman–Crippen LogP) is 10.9. The smallest absolute Gasteiger partial charge is 0.338 e. The van der Waals surface area contributed by atoms with E-state index in [9.17, 15) is 32.3 Å². The number of amides is 4. The number of likely N-dealkylation sites (tertiary alicyclic amines) is 1. The highest BCUT2D eigenvalue weighted by atomic mass is 35.5. The van der Waals surface area contributed by atoms with Crippen molar-refractivity contribution in [3.8, 4) is 0 Å². The van der Waals surface area contributed by atoms with Crippen LogP contribution in [0.15, 0.2) is 128 Å². The zero-order valence-corrected chi connectivity index (χ0v) is 58.2. The van der Waals surface area contributed by atoms with Gasteiger partial charge >= 0.3 is 24.0 Å². The van der Waals surface area contributed by atoms with Gasteiger partial charge in [0.2, 0.25) is 0 Å². The summed E-state index contributed by atoms with van der Waals surface area (Å²) >= 11 is 15.8. The maximum absolute atomic E-state index is 14.5. The molecule has 0 bridgehead atoms. The molecule has 0 spiro atoms. The minimum absolute atomic E-state index is 0.0171. The number of carbonyl (C=O) groups excluding carboxylic acids is 4. The Morgan fingerprint density at radius 2 is 1.13 bits per heavy atom. The Bertz CT molecular complexity index is 4620. The fourth-order valence-electron chi connectivity index (χ4n) is 15.1. The normalized spacial score (nSPS) is 23.7. The number of rotatable bonds is 15. The molecule has 6 fully saturated rings. The number of carbonyl (C=O) groups is 4. The number of nitrogens with one attached hydrogen (secondary N) is 4. The molecule has 100 heavy (non-hydrogen) atoms. The van der Waals surface area contributed by atoms with Crippen LogP contribution in [0.4, 0.5) is 34.1 Å². The molecule has 4 N–H and O–H groups in total. The number of esters is 2. The fourth-order valence-corrected chi connectivity index (χ4v) is 16.8. The van der Waals surface area contributed by atoms with Crippen LogP contribution in [0.3, 0.4) is 0 Å². The molecule has 1 aliphatic carbocycles. The van der Waals surface area contributed by atoms with Gasteiger partial charge in [0.25, 0.3) is 0 Å². The second-order valence-corrected chi connectivity index (χ2v) is 29.2. The van der Waals surface area contributed by atoms with Crippen LogP contribution in [0, 0.1) is 11.6 Å². The van der Waals surface area contributed by atoms with Crippen LogP contribution < -0.4 is 20.4 Å². The molecule has 1 saturated carbocycles. The first-order valence-electron chi connectivity index (χ1n) is 33.4. The number of ether oxygens (including phenoxy) is 2. The van der Waals surface area contributed by atoms with Crippen LogP contribution in [-0.4, -0.2) is 201 Å². The van der Waals surface area contributed by atoms with E-state index in [1.807, 2.05) is 61.9 Å². The van der Waals surface area contributed by atoms with E-state index in [2.05, 4.69) is 45.3 Å². The Morgan fingerprint density at radius 1 is 0.620 bits per heavy atom. The van der Waals surface area contributed by atoms with Gasteiger partial charge in [-0.05, 0) is 113 Å². The van der Waals surface area contributed by atoms with Crippen molar-refractivity contribution in [1.82, 2.24) is 65.0 Å². The number of hydrogen-bond acceptors (Lipinski definition) is 19. The second kappa shape index (κ2) is 28.0. The molecule has 2 unspecified atom stereocenters. The number of aromatic amines is 2. The summed E-state index contributed by atoms with van der Waals surface area (Å²) in [5.74, 6) is 0.629. The van der Waals surface area contributed by atoms with E-state index in [-0.39, 0.29) is 45.7 Å². The lowest BCUT2D eigenvalue weighted by Crippen LogP contribution is -2.53. The molecule has 4 aromatic carbocycles. The summed E-state index contributed by atoms with van der Waals surface area (Å²) in [5.41, 5.74) is 6.56. The third kappa shape index (κ3) is 13.6. The van der Waals surface area contributed by atoms with Crippen molar-refractivity contribution in [1.29, 1.82) is 0 Å². The Kier molecular flexibility index (Phi) is 18.8. The number of halogens is 5. The van der Waals surface area contributed by atoms with Gasteiger partial charge in [-0.1, -0.05) is 41.8 Å². The number of anilines is 2. The van der Waals surface area contributed by atoms with E-state index in [0.29, 0.717) is 128 Å². The van der Waals surface area contributed by atoms with Crippen LogP contribution in [0.25, 0.3) is 22.1 Å². The maximum atomic E-state index is 14.5. The van der Waals surface area contributed by atoms with E-state index in [0.717, 1.165) is 71.1 Å². The number of H-pyrrole nitrogens is 2. The SMILES string of the molecule is COC(=O)C1=C(CN2CCN3C(=O)N(c4ccc5nc(C6CCC(C)(F)C6)[nH]c5c4)C[C@@H]3C2)NC(c2nccs2)=N[C@H]1c1ccc(F)cc1Cl.COC(=O)C1=C(CN2CCN3C(=O)N(c4ccc5nc(CN6CCCCC6)[nH]c5c4)C[C@@H]3C2)NC(c2nccs2)=N[C@H]1c1ccc(F)cc1Cl. The minimum atomic E-state index is -1.17. The van der Waals surface area contributed by atoms with Crippen molar-refractivity contribution < 1.29 is 41.8 Å². The number of urea groups is 2. The van der Waals surface area contributed by atoms with Crippen molar-refractivity contribution >= 4 is 115 Å². The number of aromatic nitrogens is 6. The van der Waals surface area contributed by atoms with Crippen molar-refractivity contribution in [2.24, 2.45) is 9.98 Å². The highest BCUT2D eigenvalue weighted by Gasteiger charge is 2.45. The molecule has 8 aliphatic rings. The average Bonchev–Trinajstić information content (AvgIpc) is 1.15. The van der Waals surface area contributed by atoms with Gasteiger partial charge < -0.3 is 39.9 Å². The lowest BCUT2D eigenvalue weighted by molar-refractivity contribution is -0.137. The molecule has 16 rings (SSSR count). The number of piperazine rings is 2. The Hall–Kier alpha value is -8.77. The first-order chi connectivity index (χ1) is 48.4. The summed E-state index contributed by atoms with van der Waals surface area (Å²) < 4.78 is 53.1. The van der Waals surface area contributed by atoms with Crippen molar-refractivity contribution in [2.75, 3.05) is 103 Å². The molecule has 4 aromatic heterocycles. The van der Waals surface area contributed by atoms with Crippen LogP contribution in [-0.2, 0) is 25.6 Å². The Labute approximate surface area is 591 Å². The number of nitrogens with zero attached hydrogens (tertiary/aromatic N) is 13. The minimum Gasteiger partial charge on any atom is -0.466 e. The highest BCUT2D eigenvalue weighted by Crippen LogP contribution is 2.44. The molecule has 0 radical (unpaired) electrons. The third-order valence-electron chi connectivity index (χ3n) is 20.0. The first kappa shape index (κ1) is 67.1. The number of benzene rings is 4. The largest absolute Gasteiger partial charge is 0.466 e. The number of thiazole rings is 2. The van der Waals surface area contributed by atoms with Gasteiger partial charge in [-0.3, -0.25) is 34.5 Å². The summed E-state index contributed by atoms with van der Waals surface area (Å²) in [5, 5.41) is 12.0. The molecule has 4 amide bonds. The predicted molar refractivity (Wildman–Crippen MR) is 377 cm³/mol. The molecule has 11 heterocycles. The molecular weight excluding hydrogens is 1370 g/mol. The highest BCUT2D eigenvalue weighted by molar-refractivity contribution is 7.12.